The summed E-state index contributed by atoms with van der Waals surface area (Å²) in [5, 5.41) is 14.8. The van der Waals surface area contributed by atoms with E-state index in [-0.39, 0.29) is 17.2 Å². The van der Waals surface area contributed by atoms with Crippen LogP contribution in [0.15, 0.2) is 80.9 Å². The molecule has 2 aromatic carbocycles. The Morgan fingerprint density at radius 1 is 1.15 bits per heavy atom. The van der Waals surface area contributed by atoms with Crippen LogP contribution in [0.1, 0.15) is 11.3 Å². The molecule has 0 aliphatic rings. The average molecular weight is 514 g/mol. The molecule has 33 heavy (non-hydrogen) atoms. The van der Waals surface area contributed by atoms with Crippen LogP contribution in [-0.4, -0.2) is 29.6 Å². The lowest BCUT2D eigenvalue weighted by atomic mass is 10.2. The normalized spacial score (nSPS) is 10.9. The molecule has 3 aromatic rings. The highest BCUT2D eigenvalue weighted by molar-refractivity contribution is 9.10. The third kappa shape index (κ3) is 7.14. The smallest absolute Gasteiger partial charge is 0.336 e. The Morgan fingerprint density at radius 3 is 2.73 bits per heavy atom. The van der Waals surface area contributed by atoms with Gasteiger partial charge in [0.15, 0.2) is 12.4 Å². The average Bonchev–Trinajstić information content (AvgIpc) is 3.32. The summed E-state index contributed by atoms with van der Waals surface area (Å²) in [5.74, 6) is -0.605. The molecule has 0 unspecified atom stereocenters. The summed E-state index contributed by atoms with van der Waals surface area (Å²) >= 11 is 3.32. The van der Waals surface area contributed by atoms with Crippen LogP contribution in [0.5, 0.6) is 11.5 Å². The molecule has 0 aliphatic heterocycles. The summed E-state index contributed by atoms with van der Waals surface area (Å²) in [4.78, 5) is 34.4. The number of halogens is 1. The second-order valence-electron chi connectivity index (χ2n) is 6.26. The first kappa shape index (κ1) is 23.4. The Kier molecular flexibility index (Phi) is 8.08. The van der Waals surface area contributed by atoms with Crippen LogP contribution >= 0.6 is 15.9 Å². The molecule has 0 bridgehead atoms. The fourth-order valence-electron chi connectivity index (χ4n) is 2.47. The number of ether oxygens (including phenoxy) is 2. The van der Waals surface area contributed by atoms with Crippen molar-refractivity contribution in [2.24, 2.45) is 5.10 Å². The van der Waals surface area contributed by atoms with Crippen molar-refractivity contribution in [1.29, 1.82) is 0 Å². The van der Waals surface area contributed by atoms with Gasteiger partial charge >= 0.3 is 11.7 Å². The van der Waals surface area contributed by atoms with E-state index in [4.69, 9.17) is 13.9 Å². The number of hydrazone groups is 1. The minimum atomic E-state index is -0.640. The number of rotatable bonds is 9. The fourth-order valence-corrected chi connectivity index (χ4v) is 2.85. The van der Waals surface area contributed by atoms with Crippen LogP contribution in [0.25, 0.3) is 6.08 Å². The predicted molar refractivity (Wildman–Crippen MR) is 122 cm³/mol. The Morgan fingerprint density at radius 2 is 1.97 bits per heavy atom. The molecule has 0 aliphatic carbocycles. The molecule has 0 saturated heterocycles. The van der Waals surface area contributed by atoms with Crippen molar-refractivity contribution in [3.05, 3.63) is 92.8 Å². The summed E-state index contributed by atoms with van der Waals surface area (Å²) in [6, 6.07) is 13.9. The van der Waals surface area contributed by atoms with E-state index in [1.165, 1.54) is 42.8 Å². The van der Waals surface area contributed by atoms with Gasteiger partial charge in [0, 0.05) is 22.2 Å². The predicted octanol–water partition coefficient (Wildman–Crippen LogP) is 4.10. The van der Waals surface area contributed by atoms with Crippen molar-refractivity contribution in [3.63, 3.8) is 0 Å². The second kappa shape index (κ2) is 11.4. The number of benzene rings is 2. The van der Waals surface area contributed by atoms with Gasteiger partial charge in [-0.3, -0.25) is 14.9 Å². The van der Waals surface area contributed by atoms with Crippen LogP contribution in [0, 0.1) is 10.1 Å². The Labute approximate surface area is 195 Å². The first-order valence-electron chi connectivity index (χ1n) is 9.33. The highest BCUT2D eigenvalue weighted by atomic mass is 79.9. The van der Waals surface area contributed by atoms with Crippen molar-refractivity contribution < 1.29 is 28.4 Å². The lowest BCUT2D eigenvalue weighted by molar-refractivity contribution is -0.385. The van der Waals surface area contributed by atoms with Gasteiger partial charge in [0.2, 0.25) is 0 Å². The lowest BCUT2D eigenvalue weighted by Gasteiger charge is -2.07. The zero-order valence-electron chi connectivity index (χ0n) is 16.8. The molecule has 1 N–H and O–H groups in total. The first-order chi connectivity index (χ1) is 15.9. The van der Waals surface area contributed by atoms with E-state index in [0.29, 0.717) is 15.8 Å². The second-order valence-corrected chi connectivity index (χ2v) is 7.17. The number of nitro groups is 1. The number of hydrogen-bond donors (Lipinski definition) is 1. The van der Waals surface area contributed by atoms with Gasteiger partial charge in [0.25, 0.3) is 5.91 Å². The molecular weight excluding hydrogens is 498 g/mol. The number of esters is 1. The van der Waals surface area contributed by atoms with E-state index in [0.717, 1.165) is 0 Å². The van der Waals surface area contributed by atoms with Crippen LogP contribution in [0.3, 0.4) is 0 Å². The van der Waals surface area contributed by atoms with E-state index in [1.807, 2.05) is 0 Å². The maximum atomic E-state index is 12.1. The number of hydrogen-bond acceptors (Lipinski definition) is 8. The molecule has 1 heterocycles. The van der Waals surface area contributed by atoms with E-state index in [2.05, 4.69) is 26.5 Å². The summed E-state index contributed by atoms with van der Waals surface area (Å²) in [7, 11) is 0. The molecule has 0 radical (unpaired) electrons. The van der Waals surface area contributed by atoms with Crippen molar-refractivity contribution in [1.82, 2.24) is 5.43 Å². The number of nitrogens with zero attached hydrogens (tertiary/aromatic N) is 2. The fraction of sp³-hybridized carbons (Fsp3) is 0.0455. The van der Waals surface area contributed by atoms with E-state index in [1.54, 1.807) is 36.4 Å². The number of para-hydroxylation sites is 2. The van der Waals surface area contributed by atoms with Gasteiger partial charge in [0.1, 0.15) is 11.5 Å². The molecule has 0 fully saturated rings. The molecule has 168 valence electrons. The van der Waals surface area contributed by atoms with Crippen molar-refractivity contribution in [2.45, 2.75) is 0 Å². The lowest BCUT2D eigenvalue weighted by Crippen LogP contribution is -2.24. The third-order valence-corrected chi connectivity index (χ3v) is 4.42. The van der Waals surface area contributed by atoms with Gasteiger partial charge in [0.05, 0.1) is 17.4 Å². The van der Waals surface area contributed by atoms with Crippen molar-refractivity contribution in [2.75, 3.05) is 6.61 Å². The van der Waals surface area contributed by atoms with E-state index >= 15 is 0 Å². The highest BCUT2D eigenvalue weighted by Crippen LogP contribution is 2.25. The van der Waals surface area contributed by atoms with Crippen LogP contribution in [-0.2, 0) is 9.59 Å². The maximum Gasteiger partial charge on any atom is 0.336 e. The van der Waals surface area contributed by atoms with Gasteiger partial charge in [-0.25, -0.2) is 10.2 Å². The van der Waals surface area contributed by atoms with Crippen molar-refractivity contribution >= 4 is 45.8 Å². The van der Waals surface area contributed by atoms with Gasteiger partial charge in [-0.15, -0.1) is 0 Å². The molecule has 1 amide bonds. The van der Waals surface area contributed by atoms with Crippen LogP contribution in [0.2, 0.25) is 0 Å². The molecule has 11 heteroatoms. The van der Waals surface area contributed by atoms with Crippen molar-refractivity contribution in [3.8, 4) is 11.5 Å². The number of amides is 1. The Bertz CT molecular complexity index is 1210. The molecule has 0 saturated carbocycles. The number of furan rings is 1. The van der Waals surface area contributed by atoms with Gasteiger partial charge in [-0.05, 0) is 42.5 Å². The summed E-state index contributed by atoms with van der Waals surface area (Å²) in [6.45, 7) is -0.486. The van der Waals surface area contributed by atoms with E-state index in [9.17, 15) is 19.7 Å². The molecule has 0 atom stereocenters. The van der Waals surface area contributed by atoms with Gasteiger partial charge in [-0.1, -0.05) is 28.1 Å². The largest absolute Gasteiger partial charge is 0.477 e. The zero-order valence-corrected chi connectivity index (χ0v) is 18.4. The molecular formula is C22H16BrN3O7. The minimum absolute atomic E-state index is 0.0366. The zero-order chi connectivity index (χ0) is 23.6. The highest BCUT2D eigenvalue weighted by Gasteiger charge is 2.14. The maximum absolute atomic E-state index is 12.1. The summed E-state index contributed by atoms with van der Waals surface area (Å²) in [6.07, 6.45) is 5.44. The topological polar surface area (TPSA) is 133 Å². The number of carbonyl (C=O) groups excluding carboxylic acids is 2. The van der Waals surface area contributed by atoms with E-state index < -0.39 is 23.4 Å². The first-order valence-corrected chi connectivity index (χ1v) is 10.1. The van der Waals surface area contributed by atoms with Gasteiger partial charge < -0.3 is 13.9 Å². The number of nitro benzene ring substituents is 1. The molecule has 1 aromatic heterocycles. The number of carbonyl (C=O) groups is 2. The quantitative estimate of drug-likeness (QED) is 0.114. The summed E-state index contributed by atoms with van der Waals surface area (Å²) < 4.78 is 16.3. The number of nitrogens with one attached hydrogen (secondary N) is 1. The van der Waals surface area contributed by atoms with Gasteiger partial charge in [-0.2, -0.15) is 5.10 Å². The third-order valence-electron chi connectivity index (χ3n) is 3.92. The minimum Gasteiger partial charge on any atom is -0.477 e. The van der Waals surface area contributed by atoms with Crippen LogP contribution < -0.4 is 14.9 Å². The monoisotopic (exact) mass is 513 g/mol. The molecule has 10 nitrogen and oxygen atoms in total. The summed E-state index contributed by atoms with van der Waals surface area (Å²) in [5.41, 5.74) is 2.40. The SMILES string of the molecule is O=C(COc1ccccc1[N+](=O)[O-])N/N=C/c1cc(Br)ccc1OC(=O)/C=C/c1ccco1. The Hall–Kier alpha value is -4.25. The standard InChI is InChI=1S/C22H16BrN3O7/c23-16-7-9-19(33-22(28)10-8-17-4-3-11-31-17)15(12-16)13-24-25-21(27)14-32-20-6-2-1-5-18(20)26(29)30/h1-13H,14H2,(H,25,27)/b10-8+,24-13+. The molecule has 3 rings (SSSR count). The van der Waals surface area contributed by atoms with Crippen LogP contribution in [0.4, 0.5) is 5.69 Å². The Balaban J connectivity index is 1.59. The molecule has 0 spiro atoms.